The molecule has 0 radical (unpaired) electrons. The van der Waals surface area contributed by atoms with E-state index in [1.807, 2.05) is 6.08 Å². The van der Waals surface area contributed by atoms with E-state index in [1.54, 1.807) is 9.80 Å². The van der Waals surface area contributed by atoms with E-state index in [4.69, 9.17) is 0 Å². The first-order valence-corrected chi connectivity index (χ1v) is 7.12. The van der Waals surface area contributed by atoms with Crippen LogP contribution in [0, 0.1) is 11.8 Å². The lowest BCUT2D eigenvalue weighted by molar-refractivity contribution is -0.142. The molecule has 3 aliphatic rings. The van der Waals surface area contributed by atoms with Crippen LogP contribution < -0.4 is 0 Å². The molecule has 1 saturated carbocycles. The van der Waals surface area contributed by atoms with Crippen LogP contribution in [0.3, 0.4) is 0 Å². The van der Waals surface area contributed by atoms with E-state index < -0.39 is 12.0 Å². The van der Waals surface area contributed by atoms with Crippen molar-refractivity contribution in [2.24, 2.45) is 11.8 Å². The standard InChI is InChI=1S/C14H20N2O3/c17-13(18)12-11-6-4-5-10(11)9-16(12)14(19)15-7-2-1-3-8-15/h1-2,10-12H,3-9H2,(H,17,18). The molecule has 3 atom stereocenters. The molecule has 0 spiro atoms. The third kappa shape index (κ3) is 2.11. The van der Waals surface area contributed by atoms with Crippen LogP contribution in [-0.4, -0.2) is 52.6 Å². The molecule has 0 aromatic carbocycles. The average molecular weight is 264 g/mol. The average Bonchev–Trinajstić information content (AvgIpc) is 2.98. The Morgan fingerprint density at radius 3 is 2.74 bits per heavy atom. The molecule has 1 saturated heterocycles. The first-order valence-electron chi connectivity index (χ1n) is 7.12. The van der Waals surface area contributed by atoms with Crippen LogP contribution >= 0.6 is 0 Å². The smallest absolute Gasteiger partial charge is 0.326 e. The van der Waals surface area contributed by atoms with Crippen LogP contribution in [0.2, 0.25) is 0 Å². The molecule has 2 fully saturated rings. The molecular weight excluding hydrogens is 244 g/mol. The highest BCUT2D eigenvalue weighted by Gasteiger charge is 2.50. The molecule has 3 rings (SSSR count). The molecule has 5 nitrogen and oxygen atoms in total. The summed E-state index contributed by atoms with van der Waals surface area (Å²) in [5.74, 6) is -0.275. The van der Waals surface area contributed by atoms with Crippen molar-refractivity contribution in [1.82, 2.24) is 9.80 Å². The summed E-state index contributed by atoms with van der Waals surface area (Å²) in [7, 11) is 0. The van der Waals surface area contributed by atoms with E-state index >= 15 is 0 Å². The fraction of sp³-hybridized carbons (Fsp3) is 0.714. The van der Waals surface area contributed by atoms with Crippen LogP contribution in [0.4, 0.5) is 4.79 Å². The highest BCUT2D eigenvalue weighted by atomic mass is 16.4. The molecular formula is C14H20N2O3. The van der Waals surface area contributed by atoms with Crippen molar-refractivity contribution in [3.8, 4) is 0 Å². The Morgan fingerprint density at radius 1 is 1.21 bits per heavy atom. The van der Waals surface area contributed by atoms with Crippen molar-refractivity contribution < 1.29 is 14.7 Å². The number of carbonyl (C=O) groups excluding carboxylic acids is 1. The van der Waals surface area contributed by atoms with Gasteiger partial charge in [-0.25, -0.2) is 9.59 Å². The van der Waals surface area contributed by atoms with Gasteiger partial charge in [0, 0.05) is 19.6 Å². The largest absolute Gasteiger partial charge is 0.480 e. The third-order valence-corrected chi connectivity index (χ3v) is 4.72. The van der Waals surface area contributed by atoms with Gasteiger partial charge in [-0.15, -0.1) is 0 Å². The number of fused-ring (bicyclic) bond motifs is 1. The summed E-state index contributed by atoms with van der Waals surface area (Å²) in [4.78, 5) is 27.4. The molecule has 104 valence electrons. The van der Waals surface area contributed by atoms with Gasteiger partial charge in [0.05, 0.1) is 0 Å². The predicted molar refractivity (Wildman–Crippen MR) is 69.7 cm³/mol. The minimum absolute atomic E-state index is 0.0915. The summed E-state index contributed by atoms with van der Waals surface area (Å²) in [5, 5.41) is 9.45. The Kier molecular flexibility index (Phi) is 3.21. The summed E-state index contributed by atoms with van der Waals surface area (Å²) in [6.07, 6.45) is 8.03. The molecule has 2 amide bonds. The predicted octanol–water partition coefficient (Wildman–Crippen LogP) is 1.55. The maximum Gasteiger partial charge on any atom is 0.326 e. The number of hydrogen-bond acceptors (Lipinski definition) is 2. The molecule has 1 N–H and O–H groups in total. The van der Waals surface area contributed by atoms with Gasteiger partial charge in [0.1, 0.15) is 6.04 Å². The number of nitrogens with zero attached hydrogens (tertiary/aromatic N) is 2. The van der Waals surface area contributed by atoms with Gasteiger partial charge in [0.25, 0.3) is 0 Å². The molecule has 3 unspecified atom stereocenters. The lowest BCUT2D eigenvalue weighted by Gasteiger charge is -2.32. The van der Waals surface area contributed by atoms with Crippen molar-refractivity contribution >= 4 is 12.0 Å². The Balaban J connectivity index is 1.77. The zero-order valence-corrected chi connectivity index (χ0v) is 11.0. The van der Waals surface area contributed by atoms with Crippen molar-refractivity contribution in [3.63, 3.8) is 0 Å². The summed E-state index contributed by atoms with van der Waals surface area (Å²) in [5.41, 5.74) is 0. The second kappa shape index (κ2) is 4.87. The van der Waals surface area contributed by atoms with Crippen molar-refractivity contribution in [2.75, 3.05) is 19.6 Å². The number of carbonyl (C=O) groups is 2. The Labute approximate surface area is 112 Å². The highest BCUT2D eigenvalue weighted by Crippen LogP contribution is 2.42. The fourth-order valence-electron chi connectivity index (χ4n) is 3.82. The van der Waals surface area contributed by atoms with E-state index in [9.17, 15) is 14.7 Å². The number of likely N-dealkylation sites (tertiary alicyclic amines) is 1. The van der Waals surface area contributed by atoms with Gasteiger partial charge in [-0.2, -0.15) is 0 Å². The molecule has 5 heteroatoms. The maximum atomic E-state index is 12.5. The summed E-state index contributed by atoms with van der Waals surface area (Å²) in [6.45, 7) is 1.94. The second-order valence-electron chi connectivity index (χ2n) is 5.78. The van der Waals surface area contributed by atoms with E-state index in [1.165, 1.54) is 0 Å². The highest BCUT2D eigenvalue weighted by molar-refractivity contribution is 5.84. The lowest BCUT2D eigenvalue weighted by atomic mass is 9.94. The minimum atomic E-state index is -0.838. The van der Waals surface area contributed by atoms with Crippen molar-refractivity contribution in [2.45, 2.75) is 31.7 Å². The van der Waals surface area contributed by atoms with Crippen LogP contribution in [0.25, 0.3) is 0 Å². The fourth-order valence-corrected chi connectivity index (χ4v) is 3.82. The quantitative estimate of drug-likeness (QED) is 0.731. The summed E-state index contributed by atoms with van der Waals surface area (Å²) in [6, 6.07) is -0.697. The van der Waals surface area contributed by atoms with Crippen molar-refractivity contribution in [1.29, 1.82) is 0 Å². The Hall–Kier alpha value is -1.52. The molecule has 2 aliphatic heterocycles. The Morgan fingerprint density at radius 2 is 2.05 bits per heavy atom. The van der Waals surface area contributed by atoms with Crippen molar-refractivity contribution in [3.05, 3.63) is 12.2 Å². The van der Waals surface area contributed by atoms with Gasteiger partial charge < -0.3 is 14.9 Å². The number of carboxylic acids is 1. The molecule has 0 aromatic heterocycles. The normalized spacial score (nSPS) is 33.6. The third-order valence-electron chi connectivity index (χ3n) is 4.72. The summed E-state index contributed by atoms with van der Waals surface area (Å²) >= 11 is 0. The molecule has 0 bridgehead atoms. The van der Waals surface area contributed by atoms with Gasteiger partial charge in [-0.1, -0.05) is 18.6 Å². The SMILES string of the molecule is O=C(O)C1C2CCCC2CN1C(=O)N1CC=CCC1. The van der Waals surface area contributed by atoms with Gasteiger partial charge in [-0.05, 0) is 31.1 Å². The zero-order chi connectivity index (χ0) is 13.4. The maximum absolute atomic E-state index is 12.5. The van der Waals surface area contributed by atoms with Gasteiger partial charge >= 0.3 is 12.0 Å². The topological polar surface area (TPSA) is 60.9 Å². The second-order valence-corrected chi connectivity index (χ2v) is 5.78. The number of carboxylic acid groups (broad SMARTS) is 1. The van der Waals surface area contributed by atoms with Crippen LogP contribution in [-0.2, 0) is 4.79 Å². The summed E-state index contributed by atoms with van der Waals surface area (Å²) < 4.78 is 0. The molecule has 19 heavy (non-hydrogen) atoms. The van der Waals surface area contributed by atoms with Crippen LogP contribution in [0.5, 0.6) is 0 Å². The first kappa shape index (κ1) is 12.5. The lowest BCUT2D eigenvalue weighted by Crippen LogP contribution is -2.50. The number of hydrogen-bond donors (Lipinski definition) is 1. The monoisotopic (exact) mass is 264 g/mol. The molecule has 1 aliphatic carbocycles. The zero-order valence-electron chi connectivity index (χ0n) is 11.0. The number of rotatable bonds is 1. The first-order chi connectivity index (χ1) is 9.18. The van der Waals surface area contributed by atoms with E-state index in [-0.39, 0.29) is 11.9 Å². The van der Waals surface area contributed by atoms with E-state index in [0.29, 0.717) is 25.6 Å². The minimum Gasteiger partial charge on any atom is -0.480 e. The molecule has 2 heterocycles. The van der Waals surface area contributed by atoms with Gasteiger partial charge in [-0.3, -0.25) is 0 Å². The number of aliphatic carboxylic acids is 1. The number of amides is 2. The van der Waals surface area contributed by atoms with E-state index in [0.717, 1.165) is 25.7 Å². The van der Waals surface area contributed by atoms with Gasteiger partial charge in [0.15, 0.2) is 0 Å². The molecule has 0 aromatic rings. The Bertz CT molecular complexity index is 421. The van der Waals surface area contributed by atoms with Gasteiger partial charge in [0.2, 0.25) is 0 Å². The van der Waals surface area contributed by atoms with Crippen LogP contribution in [0.15, 0.2) is 12.2 Å². The number of urea groups is 1. The van der Waals surface area contributed by atoms with E-state index in [2.05, 4.69) is 6.08 Å². The van der Waals surface area contributed by atoms with Crippen LogP contribution in [0.1, 0.15) is 25.7 Å².